The summed E-state index contributed by atoms with van der Waals surface area (Å²) in [7, 11) is 1.70. The van der Waals surface area contributed by atoms with Gasteiger partial charge in [-0.1, -0.05) is 6.07 Å². The average molecular weight is 277 g/mol. The number of aromatic nitrogens is 3. The Labute approximate surface area is 122 Å². The van der Waals surface area contributed by atoms with E-state index in [1.54, 1.807) is 7.11 Å². The molecular formula is C17H15N3O. The molecule has 4 aromatic rings. The summed E-state index contributed by atoms with van der Waals surface area (Å²) in [6.07, 6.45) is 3.83. The van der Waals surface area contributed by atoms with E-state index in [2.05, 4.69) is 57.0 Å². The minimum Gasteiger partial charge on any atom is -0.380 e. The summed E-state index contributed by atoms with van der Waals surface area (Å²) in [4.78, 5) is 7.72. The summed E-state index contributed by atoms with van der Waals surface area (Å²) >= 11 is 0. The van der Waals surface area contributed by atoms with Crippen LogP contribution >= 0.6 is 0 Å². The first kappa shape index (κ1) is 12.2. The number of H-pyrrole nitrogens is 1. The molecule has 2 aromatic heterocycles. The molecule has 4 heteroatoms. The van der Waals surface area contributed by atoms with Gasteiger partial charge in [0, 0.05) is 29.9 Å². The Kier molecular flexibility index (Phi) is 2.75. The molecule has 4 nitrogen and oxygen atoms in total. The maximum absolute atomic E-state index is 5.17. The summed E-state index contributed by atoms with van der Waals surface area (Å²) in [6.45, 7) is 0.609. The fourth-order valence-corrected chi connectivity index (χ4v) is 2.71. The zero-order valence-electron chi connectivity index (χ0n) is 11.7. The third-order valence-electron chi connectivity index (χ3n) is 3.74. The number of methoxy groups -OCH3 is 1. The van der Waals surface area contributed by atoms with E-state index >= 15 is 0 Å². The fraction of sp³-hybridized carbons (Fsp3) is 0.118. The van der Waals surface area contributed by atoms with Crippen LogP contribution in [0.15, 0.2) is 55.0 Å². The van der Waals surface area contributed by atoms with Crippen molar-refractivity contribution in [3.63, 3.8) is 0 Å². The highest BCUT2D eigenvalue weighted by atomic mass is 16.5. The lowest BCUT2D eigenvalue weighted by Crippen LogP contribution is -1.92. The van der Waals surface area contributed by atoms with Crippen molar-refractivity contribution in [3.8, 4) is 5.69 Å². The summed E-state index contributed by atoms with van der Waals surface area (Å²) in [5, 5.41) is 1.20. The Morgan fingerprint density at radius 1 is 1.14 bits per heavy atom. The van der Waals surface area contributed by atoms with Crippen molar-refractivity contribution in [1.29, 1.82) is 0 Å². The number of ether oxygens (including phenoxy) is 1. The van der Waals surface area contributed by atoms with Crippen molar-refractivity contribution < 1.29 is 4.74 Å². The first-order valence-corrected chi connectivity index (χ1v) is 6.87. The van der Waals surface area contributed by atoms with Gasteiger partial charge < -0.3 is 9.72 Å². The van der Waals surface area contributed by atoms with Gasteiger partial charge >= 0.3 is 0 Å². The second-order valence-electron chi connectivity index (χ2n) is 5.12. The maximum Gasteiger partial charge on any atom is 0.100 e. The van der Waals surface area contributed by atoms with E-state index in [4.69, 9.17) is 4.74 Å². The van der Waals surface area contributed by atoms with Crippen LogP contribution in [0.1, 0.15) is 5.56 Å². The van der Waals surface area contributed by atoms with Gasteiger partial charge in [0.15, 0.2) is 0 Å². The van der Waals surface area contributed by atoms with E-state index < -0.39 is 0 Å². The molecule has 4 rings (SSSR count). The molecule has 21 heavy (non-hydrogen) atoms. The molecule has 0 atom stereocenters. The number of benzene rings is 2. The van der Waals surface area contributed by atoms with Gasteiger partial charge in [-0.3, -0.25) is 4.57 Å². The van der Waals surface area contributed by atoms with Crippen molar-refractivity contribution in [2.45, 2.75) is 6.61 Å². The summed E-state index contributed by atoms with van der Waals surface area (Å²) in [5.74, 6) is 0. The predicted octanol–water partition coefficient (Wildman–Crippen LogP) is 3.65. The summed E-state index contributed by atoms with van der Waals surface area (Å²) in [5.41, 5.74) is 5.48. The number of imidazole rings is 1. The van der Waals surface area contributed by atoms with Crippen molar-refractivity contribution in [1.82, 2.24) is 14.5 Å². The number of hydrogen-bond donors (Lipinski definition) is 1. The molecule has 1 N–H and O–H groups in total. The van der Waals surface area contributed by atoms with Crippen LogP contribution in [0.4, 0.5) is 0 Å². The van der Waals surface area contributed by atoms with E-state index in [1.165, 1.54) is 5.39 Å². The highest BCUT2D eigenvalue weighted by Crippen LogP contribution is 2.22. The van der Waals surface area contributed by atoms with Gasteiger partial charge in [0.2, 0.25) is 0 Å². The van der Waals surface area contributed by atoms with Crippen molar-refractivity contribution in [2.75, 3.05) is 7.11 Å². The fourth-order valence-electron chi connectivity index (χ4n) is 2.71. The first-order valence-electron chi connectivity index (χ1n) is 6.87. The first-order chi connectivity index (χ1) is 10.3. The normalized spacial score (nSPS) is 11.5. The van der Waals surface area contributed by atoms with Crippen LogP contribution in [0, 0.1) is 0 Å². The molecular weight excluding hydrogens is 262 g/mol. The van der Waals surface area contributed by atoms with E-state index in [1.807, 2.05) is 12.5 Å². The lowest BCUT2D eigenvalue weighted by Gasteiger charge is -2.05. The van der Waals surface area contributed by atoms with Crippen LogP contribution in [0.2, 0.25) is 0 Å². The van der Waals surface area contributed by atoms with Crippen LogP contribution in [0.3, 0.4) is 0 Å². The van der Waals surface area contributed by atoms with Gasteiger partial charge in [-0.15, -0.1) is 0 Å². The summed E-state index contributed by atoms with van der Waals surface area (Å²) in [6, 6.07) is 14.7. The number of aromatic amines is 1. The molecule has 0 aliphatic rings. The van der Waals surface area contributed by atoms with Crippen LogP contribution in [-0.4, -0.2) is 21.6 Å². The Balaban J connectivity index is 1.85. The molecule has 104 valence electrons. The number of nitrogens with zero attached hydrogens (tertiary/aromatic N) is 2. The Morgan fingerprint density at radius 3 is 3.00 bits per heavy atom. The molecule has 0 amide bonds. The highest BCUT2D eigenvalue weighted by Gasteiger charge is 2.06. The SMILES string of the molecule is COCc1ccc2c(c1)ncn2-c1ccc2[nH]ccc2c1. The highest BCUT2D eigenvalue weighted by molar-refractivity contribution is 5.83. The second-order valence-corrected chi connectivity index (χ2v) is 5.12. The van der Waals surface area contributed by atoms with Crippen LogP contribution in [-0.2, 0) is 11.3 Å². The molecule has 0 radical (unpaired) electrons. The minimum absolute atomic E-state index is 0.609. The summed E-state index contributed by atoms with van der Waals surface area (Å²) < 4.78 is 7.28. The van der Waals surface area contributed by atoms with Gasteiger partial charge in [0.1, 0.15) is 6.33 Å². The third-order valence-corrected chi connectivity index (χ3v) is 3.74. The van der Waals surface area contributed by atoms with Crippen LogP contribution < -0.4 is 0 Å². The van der Waals surface area contributed by atoms with Crippen LogP contribution in [0.5, 0.6) is 0 Å². The second kappa shape index (κ2) is 4.75. The molecule has 0 spiro atoms. The zero-order chi connectivity index (χ0) is 14.2. The van der Waals surface area contributed by atoms with E-state index in [9.17, 15) is 0 Å². The third kappa shape index (κ3) is 2.00. The number of nitrogens with one attached hydrogen (secondary N) is 1. The molecule has 0 unspecified atom stereocenters. The van der Waals surface area contributed by atoms with Gasteiger partial charge in [0.05, 0.1) is 17.6 Å². The van der Waals surface area contributed by atoms with E-state index in [-0.39, 0.29) is 0 Å². The largest absolute Gasteiger partial charge is 0.380 e. The van der Waals surface area contributed by atoms with Gasteiger partial charge in [-0.25, -0.2) is 4.98 Å². The minimum atomic E-state index is 0.609. The monoisotopic (exact) mass is 277 g/mol. The van der Waals surface area contributed by atoms with Crippen LogP contribution in [0.25, 0.3) is 27.6 Å². The lowest BCUT2D eigenvalue weighted by atomic mass is 10.2. The van der Waals surface area contributed by atoms with Gasteiger partial charge in [0.25, 0.3) is 0 Å². The Morgan fingerprint density at radius 2 is 2.10 bits per heavy atom. The lowest BCUT2D eigenvalue weighted by molar-refractivity contribution is 0.185. The van der Waals surface area contributed by atoms with Gasteiger partial charge in [-0.2, -0.15) is 0 Å². The smallest absolute Gasteiger partial charge is 0.100 e. The molecule has 0 fully saturated rings. The molecule has 0 bridgehead atoms. The van der Waals surface area contributed by atoms with Crippen molar-refractivity contribution >= 4 is 21.9 Å². The predicted molar refractivity (Wildman–Crippen MR) is 83.6 cm³/mol. The number of rotatable bonds is 3. The number of fused-ring (bicyclic) bond motifs is 2. The standard InChI is InChI=1S/C17H15N3O/c1-21-10-12-2-5-17-16(8-12)19-11-20(17)14-3-4-15-13(9-14)6-7-18-15/h2-9,11,18H,10H2,1H3. The van der Waals surface area contributed by atoms with E-state index in [0.29, 0.717) is 6.61 Å². The molecule has 2 heterocycles. The average Bonchev–Trinajstić information content (AvgIpc) is 3.12. The molecule has 0 saturated carbocycles. The Hall–Kier alpha value is -2.59. The van der Waals surface area contributed by atoms with Crippen molar-refractivity contribution in [3.05, 3.63) is 60.6 Å². The van der Waals surface area contributed by atoms with Crippen molar-refractivity contribution in [2.24, 2.45) is 0 Å². The molecule has 0 aliphatic heterocycles. The maximum atomic E-state index is 5.17. The van der Waals surface area contributed by atoms with Gasteiger partial charge in [-0.05, 0) is 42.0 Å². The molecule has 0 saturated heterocycles. The zero-order valence-corrected chi connectivity index (χ0v) is 11.7. The molecule has 0 aliphatic carbocycles. The number of hydrogen-bond acceptors (Lipinski definition) is 2. The topological polar surface area (TPSA) is 42.8 Å². The van der Waals surface area contributed by atoms with E-state index in [0.717, 1.165) is 27.8 Å². The quantitative estimate of drug-likeness (QED) is 0.621. The molecule has 2 aromatic carbocycles. The Bertz CT molecular complexity index is 920.